The van der Waals surface area contributed by atoms with E-state index in [1.54, 1.807) is 16.3 Å². The van der Waals surface area contributed by atoms with E-state index < -0.39 is 19.1 Å². The van der Waals surface area contributed by atoms with Gasteiger partial charge in [-0.15, -0.1) is 0 Å². The zero-order valence-corrected chi connectivity index (χ0v) is 25.6. The zero-order chi connectivity index (χ0) is 23.2. The minimum absolute atomic E-state index is 0.366. The molecule has 2 aliphatic carbocycles. The van der Waals surface area contributed by atoms with Gasteiger partial charge in [0.2, 0.25) is 0 Å². The van der Waals surface area contributed by atoms with Crippen molar-refractivity contribution >= 4 is 24.0 Å². The average Bonchev–Trinajstić information content (AvgIpc) is 3.51. The molecule has 0 radical (unpaired) electrons. The Kier molecular flexibility index (Phi) is 7.96. The van der Waals surface area contributed by atoms with Gasteiger partial charge in [0.15, 0.2) is 0 Å². The van der Waals surface area contributed by atoms with E-state index in [2.05, 4.69) is 110 Å². The molecule has 0 heterocycles. The SMILES string of the molecule is CCCCCCC[CH2][Hf]([SiH2]c1ccccc1)([CH]1C=Cc2ccccc21)[CH]1C=Cc2ccccc21. The van der Waals surface area contributed by atoms with Crippen LogP contribution in [0.5, 0.6) is 0 Å². The standard InChI is InChI=1S/2C9H7.C8H17.C6H7Si.Hf/c2*1-2-5-9-7-3-6-8(9)4-1;1-3-5-7-8-6-4-2;7-6-4-2-1-3-5-6;/h2*1-7H;1,3-8H2,2H3;1-5H,7H2;. The van der Waals surface area contributed by atoms with Crippen LogP contribution in [-0.2, 0) is 19.1 Å². The zero-order valence-electron chi connectivity index (χ0n) is 20.6. The van der Waals surface area contributed by atoms with Crippen LogP contribution >= 0.6 is 0 Å². The Morgan fingerprint density at radius 3 is 1.76 bits per heavy atom. The molecule has 2 unspecified atom stereocenters. The first-order valence-electron chi connectivity index (χ1n) is 13.4. The van der Waals surface area contributed by atoms with Crippen molar-refractivity contribution in [3.05, 3.63) is 113 Å². The van der Waals surface area contributed by atoms with Crippen LogP contribution in [0, 0.1) is 0 Å². The normalized spacial score (nSPS) is 20.0. The van der Waals surface area contributed by atoms with Crippen molar-refractivity contribution in [2.24, 2.45) is 0 Å². The van der Waals surface area contributed by atoms with Gasteiger partial charge in [0.25, 0.3) is 0 Å². The van der Waals surface area contributed by atoms with E-state index in [1.807, 2.05) is 0 Å². The second kappa shape index (κ2) is 11.3. The van der Waals surface area contributed by atoms with Crippen molar-refractivity contribution in [3.8, 4) is 0 Å². The van der Waals surface area contributed by atoms with Crippen LogP contribution in [-0.4, -0.2) is 6.71 Å². The number of fused-ring (bicyclic) bond motifs is 2. The Morgan fingerprint density at radius 2 is 1.15 bits per heavy atom. The molecule has 0 aromatic heterocycles. The van der Waals surface area contributed by atoms with Gasteiger partial charge in [-0.05, 0) is 0 Å². The molecule has 0 spiro atoms. The van der Waals surface area contributed by atoms with Crippen LogP contribution in [0.25, 0.3) is 12.2 Å². The fourth-order valence-corrected chi connectivity index (χ4v) is 50.3. The van der Waals surface area contributed by atoms with Crippen LogP contribution in [0.15, 0.2) is 91.0 Å². The van der Waals surface area contributed by atoms with Gasteiger partial charge in [0.1, 0.15) is 0 Å². The van der Waals surface area contributed by atoms with Crippen LogP contribution in [0.4, 0.5) is 0 Å². The molecule has 2 aliphatic rings. The third-order valence-corrected chi connectivity index (χ3v) is 48.5. The van der Waals surface area contributed by atoms with Gasteiger partial charge in [-0.25, -0.2) is 0 Å². The summed E-state index contributed by atoms with van der Waals surface area (Å²) in [6.45, 7) is 1.95. The predicted molar refractivity (Wildman–Crippen MR) is 149 cm³/mol. The van der Waals surface area contributed by atoms with Crippen LogP contribution in [0.1, 0.15) is 75.1 Å². The minimum atomic E-state index is -3.00. The summed E-state index contributed by atoms with van der Waals surface area (Å²) in [6, 6.07) is 30.3. The summed E-state index contributed by atoms with van der Waals surface area (Å²) in [7, 11) is 0. The van der Waals surface area contributed by atoms with Crippen molar-refractivity contribution in [1.29, 1.82) is 0 Å². The Bertz CT molecular complexity index is 1080. The van der Waals surface area contributed by atoms with E-state index in [0.717, 1.165) is 0 Å². The third kappa shape index (κ3) is 4.95. The van der Waals surface area contributed by atoms with Crippen molar-refractivity contribution in [3.63, 3.8) is 0 Å². The maximum absolute atomic E-state index is 3.00. The van der Waals surface area contributed by atoms with E-state index in [1.165, 1.54) is 53.8 Å². The molecule has 2 heteroatoms. The van der Waals surface area contributed by atoms with Gasteiger partial charge < -0.3 is 0 Å². The van der Waals surface area contributed by atoms with Crippen molar-refractivity contribution < 1.29 is 19.1 Å². The second-order valence-electron chi connectivity index (χ2n) is 10.3. The molecule has 0 N–H and O–H groups in total. The quantitative estimate of drug-likeness (QED) is 0.150. The van der Waals surface area contributed by atoms with E-state index in [4.69, 9.17) is 0 Å². The fourth-order valence-electron chi connectivity index (χ4n) is 6.52. The number of benzene rings is 3. The summed E-state index contributed by atoms with van der Waals surface area (Å²) in [6.07, 6.45) is 18.6. The van der Waals surface area contributed by atoms with E-state index in [-0.39, 0.29) is 6.71 Å². The van der Waals surface area contributed by atoms with Gasteiger partial charge in [-0.3, -0.25) is 0 Å². The number of allylic oxidation sites excluding steroid dienone is 2. The summed E-state index contributed by atoms with van der Waals surface area (Å²) >= 11 is -3.00. The van der Waals surface area contributed by atoms with Crippen LogP contribution in [0.2, 0.25) is 4.18 Å². The van der Waals surface area contributed by atoms with Gasteiger partial charge in [0.05, 0.1) is 0 Å². The number of hydrogen-bond donors (Lipinski definition) is 0. The fraction of sp³-hybridized carbons (Fsp3) is 0.312. The molecule has 0 amide bonds. The van der Waals surface area contributed by atoms with E-state index >= 15 is 0 Å². The first-order valence-corrected chi connectivity index (χ1v) is 29.1. The summed E-state index contributed by atoms with van der Waals surface area (Å²) < 4.78 is 2.96. The summed E-state index contributed by atoms with van der Waals surface area (Å²) in [5.74, 6) is 0. The molecule has 0 saturated heterocycles. The number of rotatable bonds is 11. The molecule has 5 rings (SSSR count). The molecule has 0 fully saturated rings. The van der Waals surface area contributed by atoms with E-state index in [0.29, 0.717) is 7.35 Å². The molecule has 0 bridgehead atoms. The third-order valence-electron chi connectivity index (χ3n) is 8.21. The van der Waals surface area contributed by atoms with E-state index in [9.17, 15) is 0 Å². The first kappa shape index (κ1) is 23.9. The molecule has 3 aromatic carbocycles. The molecular weight excluding hydrogens is 591 g/mol. The molecule has 34 heavy (non-hydrogen) atoms. The number of unbranched alkanes of at least 4 members (excludes halogenated alkanes) is 5. The van der Waals surface area contributed by atoms with Gasteiger partial charge >= 0.3 is 213 Å². The van der Waals surface area contributed by atoms with Crippen LogP contribution < -0.4 is 5.19 Å². The van der Waals surface area contributed by atoms with Gasteiger partial charge in [-0.1, -0.05) is 0 Å². The Labute approximate surface area is 212 Å². The van der Waals surface area contributed by atoms with Crippen molar-refractivity contribution in [1.82, 2.24) is 0 Å². The van der Waals surface area contributed by atoms with Crippen molar-refractivity contribution in [2.75, 3.05) is 0 Å². The molecule has 0 saturated carbocycles. The molecule has 0 nitrogen and oxygen atoms in total. The molecular formula is C32H38HfSi. The predicted octanol–water partition coefficient (Wildman–Crippen LogP) is 7.86. The summed E-state index contributed by atoms with van der Waals surface area (Å²) in [4.78, 5) is 0. The van der Waals surface area contributed by atoms with Gasteiger partial charge in [0, 0.05) is 0 Å². The molecule has 0 aliphatic heterocycles. The monoisotopic (exact) mass is 630 g/mol. The Hall–Kier alpha value is -1.77. The topological polar surface area (TPSA) is 0 Å². The first-order chi connectivity index (χ1) is 16.8. The Morgan fingerprint density at radius 1 is 0.618 bits per heavy atom. The second-order valence-corrected chi connectivity index (χ2v) is 41.2. The average molecular weight is 629 g/mol. The Balaban J connectivity index is 1.56. The van der Waals surface area contributed by atoms with Crippen molar-refractivity contribution in [2.45, 2.75) is 57.0 Å². The molecule has 2 atom stereocenters. The number of hydrogen-bond acceptors (Lipinski definition) is 0. The summed E-state index contributed by atoms with van der Waals surface area (Å²) in [5, 5.41) is 1.70. The van der Waals surface area contributed by atoms with Gasteiger partial charge in [-0.2, -0.15) is 0 Å². The summed E-state index contributed by atoms with van der Waals surface area (Å²) in [5.41, 5.74) is 6.27. The molecule has 174 valence electrons. The van der Waals surface area contributed by atoms with Crippen LogP contribution in [0.3, 0.4) is 0 Å². The molecule has 3 aromatic rings. The maximum atomic E-state index is 2.66.